The lowest BCUT2D eigenvalue weighted by molar-refractivity contribution is 0.473. The van der Waals surface area contributed by atoms with E-state index in [0.29, 0.717) is 0 Å². The Balaban J connectivity index is 0.000000261. The summed E-state index contributed by atoms with van der Waals surface area (Å²) in [6.45, 7) is 6.50. The molecule has 1 rings (SSSR count). The van der Waals surface area contributed by atoms with Gasteiger partial charge < -0.3 is 5.11 Å². The molecule has 1 aromatic rings. The molecule has 2 heteroatoms. The molecule has 68 valence electrons. The van der Waals surface area contributed by atoms with Crippen molar-refractivity contribution in [3.05, 3.63) is 30.1 Å². The highest BCUT2D eigenvalue weighted by atomic mass is 19.1. The van der Waals surface area contributed by atoms with Gasteiger partial charge >= 0.3 is 0 Å². The van der Waals surface area contributed by atoms with E-state index < -0.39 is 0 Å². The molecule has 0 amide bonds. The maximum atomic E-state index is 12.0. The van der Waals surface area contributed by atoms with Gasteiger partial charge in [-0.1, -0.05) is 20.8 Å². The van der Waals surface area contributed by atoms with Crippen LogP contribution in [0.15, 0.2) is 24.3 Å². The molecule has 1 nitrogen and oxygen atoms in total. The van der Waals surface area contributed by atoms with Gasteiger partial charge in [-0.05, 0) is 30.2 Å². The summed E-state index contributed by atoms with van der Waals surface area (Å²) in [4.78, 5) is 0. The Hall–Kier alpha value is -1.05. The number of phenolic OH excluding ortho intramolecular Hbond substituents is 1. The van der Waals surface area contributed by atoms with Crippen LogP contribution < -0.4 is 0 Å². The Morgan fingerprint density at radius 1 is 1.08 bits per heavy atom. The Morgan fingerprint density at radius 2 is 1.42 bits per heavy atom. The highest BCUT2D eigenvalue weighted by Gasteiger charge is 1.85. The maximum absolute atomic E-state index is 12.0. The van der Waals surface area contributed by atoms with Gasteiger partial charge in [0.15, 0.2) is 0 Å². The fraction of sp³-hybridized carbons (Fsp3) is 0.400. The summed E-state index contributed by atoms with van der Waals surface area (Å²) in [6.07, 6.45) is 0. The zero-order valence-corrected chi connectivity index (χ0v) is 7.71. The second-order valence-electron chi connectivity index (χ2n) is 3.21. The lowest BCUT2D eigenvalue weighted by Gasteiger charge is -1.86. The molecule has 0 heterocycles. The van der Waals surface area contributed by atoms with Crippen molar-refractivity contribution in [3.8, 4) is 5.75 Å². The molecule has 0 aliphatic rings. The van der Waals surface area contributed by atoms with Crippen LogP contribution >= 0.6 is 0 Å². The highest BCUT2D eigenvalue weighted by Crippen LogP contribution is 2.06. The molecule has 0 atom stereocenters. The van der Waals surface area contributed by atoms with E-state index in [4.69, 9.17) is 5.11 Å². The summed E-state index contributed by atoms with van der Waals surface area (Å²) in [5.74, 6) is 0.592. The van der Waals surface area contributed by atoms with Crippen molar-refractivity contribution in [2.45, 2.75) is 20.8 Å². The van der Waals surface area contributed by atoms with E-state index in [0.717, 1.165) is 5.92 Å². The number of halogens is 1. The van der Waals surface area contributed by atoms with E-state index >= 15 is 0 Å². The van der Waals surface area contributed by atoms with Gasteiger partial charge in [0.2, 0.25) is 0 Å². The third-order valence-corrected chi connectivity index (χ3v) is 0.827. The minimum atomic E-state index is -0.331. The molecule has 1 aromatic carbocycles. The van der Waals surface area contributed by atoms with Crippen LogP contribution in [0.5, 0.6) is 5.75 Å². The predicted octanol–water partition coefficient (Wildman–Crippen LogP) is 3.19. The number of benzene rings is 1. The Morgan fingerprint density at radius 3 is 1.67 bits per heavy atom. The molecular formula is C10H15FO. The summed E-state index contributed by atoms with van der Waals surface area (Å²) < 4.78 is 12.0. The third-order valence-electron chi connectivity index (χ3n) is 0.827. The lowest BCUT2D eigenvalue weighted by Crippen LogP contribution is -1.67. The lowest BCUT2D eigenvalue weighted by atomic mass is 10.3. The van der Waals surface area contributed by atoms with E-state index in [1.54, 1.807) is 0 Å². The van der Waals surface area contributed by atoms with Crippen LogP contribution in [0.2, 0.25) is 0 Å². The summed E-state index contributed by atoms with van der Waals surface area (Å²) >= 11 is 0. The van der Waals surface area contributed by atoms with Gasteiger partial charge in [0.1, 0.15) is 11.6 Å². The van der Waals surface area contributed by atoms with Gasteiger partial charge in [-0.25, -0.2) is 4.39 Å². The number of rotatable bonds is 0. The van der Waals surface area contributed by atoms with Gasteiger partial charge in [-0.15, -0.1) is 0 Å². The molecule has 12 heavy (non-hydrogen) atoms. The second-order valence-corrected chi connectivity index (χ2v) is 3.21. The maximum Gasteiger partial charge on any atom is 0.123 e. The number of aromatic hydroxyl groups is 1. The van der Waals surface area contributed by atoms with Crippen LogP contribution in [0.3, 0.4) is 0 Å². The zero-order chi connectivity index (χ0) is 9.56. The first-order chi connectivity index (χ1) is 5.52. The molecule has 0 saturated carbocycles. The Bertz CT molecular complexity index is 180. The summed E-state index contributed by atoms with van der Waals surface area (Å²) in [5, 5.41) is 8.59. The van der Waals surface area contributed by atoms with Crippen molar-refractivity contribution in [2.75, 3.05) is 0 Å². The van der Waals surface area contributed by atoms with Gasteiger partial charge in [-0.3, -0.25) is 0 Å². The SMILES string of the molecule is CC(C)C.Oc1ccc(F)cc1. The third kappa shape index (κ3) is 7.06. The van der Waals surface area contributed by atoms with Crippen LogP contribution in [0, 0.1) is 11.7 Å². The van der Waals surface area contributed by atoms with Crippen molar-refractivity contribution < 1.29 is 9.50 Å². The smallest absolute Gasteiger partial charge is 0.123 e. The standard InChI is InChI=1S/C6H5FO.C4H10/c7-5-1-3-6(8)4-2-5;1-4(2)3/h1-4,8H;4H,1-3H3. The normalized spacial score (nSPS) is 9.08. The van der Waals surface area contributed by atoms with Crippen molar-refractivity contribution in [1.82, 2.24) is 0 Å². The quantitative estimate of drug-likeness (QED) is 0.634. The Labute approximate surface area is 72.9 Å². The van der Waals surface area contributed by atoms with Crippen molar-refractivity contribution in [3.63, 3.8) is 0 Å². The van der Waals surface area contributed by atoms with Gasteiger partial charge in [0.25, 0.3) is 0 Å². The average Bonchev–Trinajstić information content (AvgIpc) is 1.94. The minimum absolute atomic E-state index is 0.0893. The fourth-order valence-corrected chi connectivity index (χ4v) is 0.441. The van der Waals surface area contributed by atoms with E-state index in [-0.39, 0.29) is 11.6 Å². The molecule has 0 spiro atoms. The Kier molecular flexibility index (Phi) is 5.09. The zero-order valence-electron chi connectivity index (χ0n) is 7.71. The van der Waals surface area contributed by atoms with Gasteiger partial charge in [0.05, 0.1) is 0 Å². The van der Waals surface area contributed by atoms with Crippen LogP contribution in [-0.2, 0) is 0 Å². The summed E-state index contributed by atoms with van der Waals surface area (Å²) in [5.41, 5.74) is 0. The summed E-state index contributed by atoms with van der Waals surface area (Å²) in [6, 6.07) is 5.01. The van der Waals surface area contributed by atoms with E-state index in [2.05, 4.69) is 20.8 Å². The van der Waals surface area contributed by atoms with E-state index in [1.165, 1.54) is 24.3 Å². The molecule has 0 aliphatic carbocycles. The topological polar surface area (TPSA) is 20.2 Å². The van der Waals surface area contributed by atoms with Gasteiger partial charge in [0, 0.05) is 0 Å². The van der Waals surface area contributed by atoms with Crippen molar-refractivity contribution in [2.24, 2.45) is 5.92 Å². The molecule has 0 fully saturated rings. The predicted molar refractivity (Wildman–Crippen MR) is 48.6 cm³/mol. The van der Waals surface area contributed by atoms with Gasteiger partial charge in [-0.2, -0.15) is 0 Å². The number of hydrogen-bond acceptors (Lipinski definition) is 1. The molecule has 0 bridgehead atoms. The summed E-state index contributed by atoms with van der Waals surface area (Å²) in [7, 11) is 0. The first kappa shape index (κ1) is 11.0. The fourth-order valence-electron chi connectivity index (χ4n) is 0.441. The largest absolute Gasteiger partial charge is 0.508 e. The van der Waals surface area contributed by atoms with Crippen LogP contribution in [0.4, 0.5) is 4.39 Å². The first-order valence-corrected chi connectivity index (χ1v) is 3.97. The average molecular weight is 170 g/mol. The molecule has 0 aromatic heterocycles. The monoisotopic (exact) mass is 170 g/mol. The molecule has 1 N–H and O–H groups in total. The molecule has 0 unspecified atom stereocenters. The molecular weight excluding hydrogens is 155 g/mol. The molecule has 0 radical (unpaired) electrons. The van der Waals surface area contributed by atoms with E-state index in [9.17, 15) is 4.39 Å². The van der Waals surface area contributed by atoms with Crippen molar-refractivity contribution >= 4 is 0 Å². The second kappa shape index (κ2) is 5.58. The van der Waals surface area contributed by atoms with Crippen molar-refractivity contribution in [1.29, 1.82) is 0 Å². The van der Waals surface area contributed by atoms with Crippen LogP contribution in [0.25, 0.3) is 0 Å². The molecule has 0 saturated heterocycles. The number of phenols is 1. The van der Waals surface area contributed by atoms with E-state index in [1.807, 2.05) is 0 Å². The minimum Gasteiger partial charge on any atom is -0.508 e. The van der Waals surface area contributed by atoms with Crippen LogP contribution in [0.1, 0.15) is 20.8 Å². The molecule has 0 aliphatic heterocycles. The number of hydrogen-bond donors (Lipinski definition) is 1. The first-order valence-electron chi connectivity index (χ1n) is 3.97. The highest BCUT2D eigenvalue weighted by molar-refractivity contribution is 5.19. The van der Waals surface area contributed by atoms with Crippen LogP contribution in [-0.4, -0.2) is 5.11 Å².